The molecule has 0 radical (unpaired) electrons. The molecule has 2 N–H and O–H groups in total. The second kappa shape index (κ2) is 7.33. The maximum Gasteiger partial charge on any atom is 0.407 e. The van der Waals surface area contributed by atoms with Crippen LogP contribution < -0.4 is 10.6 Å². The molecule has 1 fully saturated rings. The van der Waals surface area contributed by atoms with E-state index in [0.717, 1.165) is 24.2 Å². The van der Waals surface area contributed by atoms with E-state index in [1.54, 1.807) is 6.07 Å². The van der Waals surface area contributed by atoms with E-state index in [4.69, 9.17) is 16.3 Å². The smallest absolute Gasteiger partial charge is 0.407 e. The van der Waals surface area contributed by atoms with Gasteiger partial charge in [-0.15, -0.1) is 0 Å². The summed E-state index contributed by atoms with van der Waals surface area (Å²) in [7, 11) is 0. The van der Waals surface area contributed by atoms with Gasteiger partial charge in [-0.1, -0.05) is 48.0 Å². The highest BCUT2D eigenvalue weighted by atomic mass is 35.5. The van der Waals surface area contributed by atoms with Crippen molar-refractivity contribution in [2.45, 2.75) is 31.5 Å². The second-order valence-electron chi connectivity index (χ2n) is 5.56. The first-order valence-corrected chi connectivity index (χ1v) is 7.93. The zero-order valence-electron chi connectivity index (χ0n) is 12.5. The highest BCUT2D eigenvalue weighted by molar-refractivity contribution is 6.29. The number of anilines is 1. The molecule has 1 aromatic carbocycles. The van der Waals surface area contributed by atoms with Gasteiger partial charge in [-0.25, -0.2) is 9.78 Å². The molecular weight excluding hydrogens is 314 g/mol. The maximum atomic E-state index is 11.7. The van der Waals surface area contributed by atoms with Gasteiger partial charge >= 0.3 is 6.09 Å². The topological polar surface area (TPSA) is 63.2 Å². The van der Waals surface area contributed by atoms with Crippen LogP contribution in [-0.4, -0.2) is 23.2 Å². The highest BCUT2D eigenvalue weighted by Gasteiger charge is 2.30. The van der Waals surface area contributed by atoms with Gasteiger partial charge in [0.25, 0.3) is 0 Å². The van der Waals surface area contributed by atoms with Crippen molar-refractivity contribution in [2.24, 2.45) is 0 Å². The van der Waals surface area contributed by atoms with Gasteiger partial charge in [-0.2, -0.15) is 0 Å². The van der Waals surface area contributed by atoms with Crippen molar-refractivity contribution in [2.75, 3.05) is 5.32 Å². The third kappa shape index (κ3) is 4.60. The second-order valence-corrected chi connectivity index (χ2v) is 5.95. The molecular formula is C17H18ClN3O2. The predicted octanol–water partition coefficient (Wildman–Crippen LogP) is 3.60. The SMILES string of the molecule is O=C(NC1CC(Nc2cccc(Cl)n2)C1)OCc1ccccc1. The van der Waals surface area contributed by atoms with Crippen molar-refractivity contribution in [3.05, 3.63) is 59.2 Å². The van der Waals surface area contributed by atoms with Gasteiger partial charge in [0, 0.05) is 12.1 Å². The molecule has 1 amide bonds. The lowest BCUT2D eigenvalue weighted by atomic mass is 9.87. The highest BCUT2D eigenvalue weighted by Crippen LogP contribution is 2.24. The quantitative estimate of drug-likeness (QED) is 0.822. The summed E-state index contributed by atoms with van der Waals surface area (Å²) in [5, 5.41) is 6.62. The van der Waals surface area contributed by atoms with Gasteiger partial charge in [-0.05, 0) is 30.5 Å². The van der Waals surface area contributed by atoms with E-state index in [1.807, 2.05) is 42.5 Å². The summed E-state index contributed by atoms with van der Waals surface area (Å²) < 4.78 is 5.20. The molecule has 6 heteroatoms. The zero-order chi connectivity index (χ0) is 16.1. The molecule has 0 saturated heterocycles. The average Bonchev–Trinajstić information content (AvgIpc) is 2.52. The molecule has 1 aliphatic rings. The number of hydrogen-bond donors (Lipinski definition) is 2. The largest absolute Gasteiger partial charge is 0.445 e. The van der Waals surface area contributed by atoms with Gasteiger partial charge in [-0.3, -0.25) is 0 Å². The standard InChI is InChI=1S/C17H18ClN3O2/c18-15-7-4-8-16(21-15)19-13-9-14(10-13)20-17(22)23-11-12-5-2-1-3-6-12/h1-8,13-14H,9-11H2,(H,19,21)(H,20,22). The normalized spacial score (nSPS) is 19.5. The van der Waals surface area contributed by atoms with Crippen LogP contribution in [0, 0.1) is 0 Å². The maximum absolute atomic E-state index is 11.7. The van der Waals surface area contributed by atoms with Crippen LogP contribution in [0.1, 0.15) is 18.4 Å². The van der Waals surface area contributed by atoms with E-state index < -0.39 is 0 Å². The molecule has 5 nitrogen and oxygen atoms in total. The van der Waals surface area contributed by atoms with Crippen molar-refractivity contribution < 1.29 is 9.53 Å². The monoisotopic (exact) mass is 331 g/mol. The Kier molecular flexibility index (Phi) is 4.98. The van der Waals surface area contributed by atoms with Gasteiger partial charge in [0.2, 0.25) is 0 Å². The Morgan fingerprint density at radius 1 is 1.13 bits per heavy atom. The number of nitrogens with one attached hydrogen (secondary N) is 2. The van der Waals surface area contributed by atoms with Gasteiger partial charge < -0.3 is 15.4 Å². The van der Waals surface area contributed by atoms with E-state index in [1.165, 1.54) is 0 Å². The minimum absolute atomic E-state index is 0.134. The van der Waals surface area contributed by atoms with Crippen molar-refractivity contribution in [1.82, 2.24) is 10.3 Å². The fourth-order valence-corrected chi connectivity index (χ4v) is 2.65. The average molecular weight is 332 g/mol. The zero-order valence-corrected chi connectivity index (χ0v) is 13.3. The number of carbonyl (C=O) groups is 1. The van der Waals surface area contributed by atoms with Crippen LogP contribution in [-0.2, 0) is 11.3 Å². The van der Waals surface area contributed by atoms with Crippen LogP contribution in [0.15, 0.2) is 48.5 Å². The third-order valence-electron chi connectivity index (χ3n) is 3.74. The minimum atomic E-state index is -0.377. The van der Waals surface area contributed by atoms with E-state index in [-0.39, 0.29) is 18.7 Å². The molecule has 1 aromatic heterocycles. The lowest BCUT2D eigenvalue weighted by Crippen LogP contribution is -2.49. The fourth-order valence-electron chi connectivity index (χ4n) is 2.48. The first kappa shape index (κ1) is 15.6. The van der Waals surface area contributed by atoms with Crippen LogP contribution in [0.25, 0.3) is 0 Å². The minimum Gasteiger partial charge on any atom is -0.445 e. The molecule has 1 aliphatic carbocycles. The number of nitrogens with zero attached hydrogens (tertiary/aromatic N) is 1. The van der Waals surface area contributed by atoms with Crippen molar-refractivity contribution in [3.8, 4) is 0 Å². The number of alkyl carbamates (subject to hydrolysis) is 1. The Morgan fingerprint density at radius 3 is 2.65 bits per heavy atom. The number of halogens is 1. The lowest BCUT2D eigenvalue weighted by Gasteiger charge is -2.36. The van der Waals surface area contributed by atoms with Crippen LogP contribution >= 0.6 is 11.6 Å². The molecule has 0 unspecified atom stereocenters. The predicted molar refractivity (Wildman–Crippen MR) is 89.4 cm³/mol. The number of amides is 1. The Morgan fingerprint density at radius 2 is 1.91 bits per heavy atom. The van der Waals surface area contributed by atoms with E-state index in [0.29, 0.717) is 11.2 Å². The fraction of sp³-hybridized carbons (Fsp3) is 0.294. The number of carbonyl (C=O) groups excluding carboxylic acids is 1. The summed E-state index contributed by atoms with van der Waals surface area (Å²) in [6.07, 6.45) is 1.31. The molecule has 1 heterocycles. The summed E-state index contributed by atoms with van der Waals surface area (Å²) in [4.78, 5) is 15.9. The summed E-state index contributed by atoms with van der Waals surface area (Å²) >= 11 is 5.85. The Hall–Kier alpha value is -2.27. The summed E-state index contributed by atoms with van der Waals surface area (Å²) in [6.45, 7) is 0.285. The number of hydrogen-bond acceptors (Lipinski definition) is 4. The van der Waals surface area contributed by atoms with E-state index in [9.17, 15) is 4.79 Å². The van der Waals surface area contributed by atoms with Gasteiger partial charge in [0.1, 0.15) is 17.6 Å². The molecule has 0 atom stereocenters. The molecule has 2 aromatic rings. The Bertz CT molecular complexity index is 660. The number of rotatable bonds is 5. The Labute approximate surface area is 140 Å². The Balaban J connectivity index is 1.36. The van der Waals surface area contributed by atoms with Crippen LogP contribution in [0.3, 0.4) is 0 Å². The van der Waals surface area contributed by atoms with Gasteiger partial charge in [0.15, 0.2) is 0 Å². The van der Waals surface area contributed by atoms with Crippen molar-refractivity contribution in [3.63, 3.8) is 0 Å². The van der Waals surface area contributed by atoms with Crippen LogP contribution in [0.4, 0.5) is 10.6 Å². The van der Waals surface area contributed by atoms with Gasteiger partial charge in [0.05, 0.1) is 0 Å². The molecule has 0 spiro atoms. The summed E-state index contributed by atoms with van der Waals surface area (Å²) in [5.74, 6) is 0.757. The molecule has 0 aliphatic heterocycles. The molecule has 3 rings (SSSR count). The third-order valence-corrected chi connectivity index (χ3v) is 3.95. The molecule has 23 heavy (non-hydrogen) atoms. The number of benzene rings is 1. The first-order chi connectivity index (χ1) is 11.2. The van der Waals surface area contributed by atoms with Crippen molar-refractivity contribution >= 4 is 23.5 Å². The summed E-state index contributed by atoms with van der Waals surface area (Å²) in [6, 6.07) is 15.5. The van der Waals surface area contributed by atoms with Crippen LogP contribution in [0.2, 0.25) is 5.15 Å². The van der Waals surface area contributed by atoms with E-state index >= 15 is 0 Å². The van der Waals surface area contributed by atoms with Crippen LogP contribution in [0.5, 0.6) is 0 Å². The molecule has 120 valence electrons. The number of aromatic nitrogens is 1. The first-order valence-electron chi connectivity index (χ1n) is 7.55. The lowest BCUT2D eigenvalue weighted by molar-refractivity contribution is 0.129. The molecule has 0 bridgehead atoms. The number of ether oxygens (including phenoxy) is 1. The van der Waals surface area contributed by atoms with Crippen molar-refractivity contribution in [1.29, 1.82) is 0 Å². The number of pyridine rings is 1. The molecule has 1 saturated carbocycles. The van der Waals surface area contributed by atoms with E-state index in [2.05, 4.69) is 15.6 Å². The summed E-state index contributed by atoms with van der Waals surface area (Å²) in [5.41, 5.74) is 0.975.